The first kappa shape index (κ1) is 16.8. The topological polar surface area (TPSA) is 41.5 Å². The lowest BCUT2D eigenvalue weighted by Crippen LogP contribution is -2.29. The molecule has 0 heterocycles. The molecule has 0 fully saturated rings. The van der Waals surface area contributed by atoms with Gasteiger partial charge in [-0.2, -0.15) is 0 Å². The molecular weight excluding hydrogens is 250 g/mol. The number of nitrogens with one attached hydrogen (secondary N) is 1. The summed E-state index contributed by atoms with van der Waals surface area (Å²) < 4.78 is 5.22. The molecule has 3 nitrogen and oxygen atoms in total. The summed E-state index contributed by atoms with van der Waals surface area (Å²) in [6, 6.07) is 5.91. The van der Waals surface area contributed by atoms with Crippen molar-refractivity contribution in [2.75, 3.05) is 7.11 Å². The van der Waals surface area contributed by atoms with Crippen LogP contribution in [0.25, 0.3) is 0 Å². The molecule has 2 unspecified atom stereocenters. The van der Waals surface area contributed by atoms with Crippen LogP contribution in [0.2, 0.25) is 0 Å². The summed E-state index contributed by atoms with van der Waals surface area (Å²) >= 11 is 0. The van der Waals surface area contributed by atoms with Gasteiger partial charge in [-0.25, -0.2) is 0 Å². The molecular formula is C17H29NO2. The molecule has 0 amide bonds. The Morgan fingerprint density at radius 1 is 1.15 bits per heavy atom. The van der Waals surface area contributed by atoms with E-state index in [1.165, 1.54) is 12.8 Å². The zero-order valence-corrected chi connectivity index (χ0v) is 13.4. The van der Waals surface area contributed by atoms with Crippen molar-refractivity contribution in [3.05, 3.63) is 23.8 Å². The van der Waals surface area contributed by atoms with Crippen molar-refractivity contribution in [2.24, 2.45) is 5.92 Å². The predicted molar refractivity (Wildman–Crippen MR) is 84.4 cm³/mol. The Morgan fingerprint density at radius 2 is 1.85 bits per heavy atom. The second kappa shape index (κ2) is 8.15. The van der Waals surface area contributed by atoms with Gasteiger partial charge in [0.2, 0.25) is 0 Å². The van der Waals surface area contributed by atoms with Crippen LogP contribution in [0.1, 0.15) is 58.6 Å². The number of hydrogen-bond donors (Lipinski definition) is 2. The van der Waals surface area contributed by atoms with Crippen LogP contribution in [0.5, 0.6) is 11.5 Å². The van der Waals surface area contributed by atoms with Crippen LogP contribution in [0.3, 0.4) is 0 Å². The maximum atomic E-state index is 9.97. The van der Waals surface area contributed by atoms with E-state index in [9.17, 15) is 5.11 Å². The Kier molecular flexibility index (Phi) is 6.86. The highest BCUT2D eigenvalue weighted by atomic mass is 16.5. The smallest absolute Gasteiger partial charge is 0.120 e. The van der Waals surface area contributed by atoms with Gasteiger partial charge in [0, 0.05) is 17.6 Å². The summed E-state index contributed by atoms with van der Waals surface area (Å²) in [7, 11) is 1.64. The molecule has 0 aromatic heterocycles. The van der Waals surface area contributed by atoms with Gasteiger partial charge in [-0.3, -0.25) is 0 Å². The minimum atomic E-state index is 0.110. The van der Waals surface area contributed by atoms with Gasteiger partial charge in [-0.05, 0) is 44.4 Å². The Morgan fingerprint density at radius 3 is 2.45 bits per heavy atom. The van der Waals surface area contributed by atoms with Gasteiger partial charge in [0.05, 0.1) is 7.11 Å². The maximum Gasteiger partial charge on any atom is 0.120 e. The number of hydrogen-bond acceptors (Lipinski definition) is 3. The van der Waals surface area contributed by atoms with E-state index >= 15 is 0 Å². The molecule has 0 spiro atoms. The molecule has 2 atom stereocenters. The first-order valence-corrected chi connectivity index (χ1v) is 7.57. The van der Waals surface area contributed by atoms with Crippen molar-refractivity contribution in [1.82, 2.24) is 5.32 Å². The Hall–Kier alpha value is -1.22. The first-order chi connectivity index (χ1) is 9.43. The van der Waals surface area contributed by atoms with Crippen LogP contribution in [0.4, 0.5) is 0 Å². The van der Waals surface area contributed by atoms with Crippen molar-refractivity contribution in [2.45, 2.75) is 59.0 Å². The molecule has 20 heavy (non-hydrogen) atoms. The van der Waals surface area contributed by atoms with Crippen LogP contribution in [-0.4, -0.2) is 18.3 Å². The lowest BCUT2D eigenvalue weighted by molar-refractivity contribution is 0.396. The maximum absolute atomic E-state index is 9.97. The molecule has 1 rings (SSSR count). The molecule has 0 aliphatic heterocycles. The van der Waals surface area contributed by atoms with Gasteiger partial charge in [0.15, 0.2) is 0 Å². The van der Waals surface area contributed by atoms with E-state index in [1.807, 2.05) is 6.07 Å². The highest BCUT2D eigenvalue weighted by Gasteiger charge is 2.14. The van der Waals surface area contributed by atoms with Crippen molar-refractivity contribution in [3.8, 4) is 11.5 Å². The van der Waals surface area contributed by atoms with E-state index in [4.69, 9.17) is 4.74 Å². The predicted octanol–water partition coefficient (Wildman–Crippen LogP) is 4.27. The second-order valence-electron chi connectivity index (χ2n) is 6.04. The van der Waals surface area contributed by atoms with Gasteiger partial charge in [-0.15, -0.1) is 0 Å². The Bertz CT molecular complexity index is 404. The molecule has 0 radical (unpaired) electrons. The number of methoxy groups -OCH3 is 1. The van der Waals surface area contributed by atoms with Crippen LogP contribution >= 0.6 is 0 Å². The monoisotopic (exact) mass is 279 g/mol. The third kappa shape index (κ3) is 5.41. The van der Waals surface area contributed by atoms with Crippen LogP contribution in [0, 0.1) is 5.92 Å². The third-order valence-electron chi connectivity index (χ3n) is 3.65. The Balaban J connectivity index is 2.55. The molecule has 114 valence electrons. The number of benzene rings is 1. The molecule has 0 aliphatic rings. The summed E-state index contributed by atoms with van der Waals surface area (Å²) in [6.07, 6.45) is 3.67. The van der Waals surface area contributed by atoms with Crippen molar-refractivity contribution in [1.29, 1.82) is 0 Å². The van der Waals surface area contributed by atoms with Crippen molar-refractivity contribution in [3.63, 3.8) is 0 Å². The molecule has 1 aromatic rings. The highest BCUT2D eigenvalue weighted by Crippen LogP contribution is 2.28. The Labute approximate surface area is 123 Å². The van der Waals surface area contributed by atoms with Gasteiger partial charge in [0.25, 0.3) is 0 Å². The summed E-state index contributed by atoms with van der Waals surface area (Å²) in [4.78, 5) is 0. The molecule has 3 heteroatoms. The summed E-state index contributed by atoms with van der Waals surface area (Å²) in [5.41, 5.74) is 0.889. The zero-order valence-electron chi connectivity index (χ0n) is 13.4. The zero-order chi connectivity index (χ0) is 15.1. The summed E-state index contributed by atoms with van der Waals surface area (Å²) in [6.45, 7) is 8.80. The highest BCUT2D eigenvalue weighted by molar-refractivity contribution is 5.41. The molecule has 0 aliphatic carbocycles. The molecule has 0 saturated carbocycles. The van der Waals surface area contributed by atoms with E-state index in [2.05, 4.69) is 33.0 Å². The average Bonchev–Trinajstić information content (AvgIpc) is 2.38. The fraction of sp³-hybridized carbons (Fsp3) is 0.647. The first-order valence-electron chi connectivity index (χ1n) is 7.57. The van der Waals surface area contributed by atoms with Crippen LogP contribution < -0.4 is 10.1 Å². The van der Waals surface area contributed by atoms with E-state index in [0.717, 1.165) is 23.7 Å². The minimum Gasteiger partial charge on any atom is -0.508 e. The lowest BCUT2D eigenvalue weighted by Gasteiger charge is -2.22. The van der Waals surface area contributed by atoms with Crippen molar-refractivity contribution < 1.29 is 9.84 Å². The van der Waals surface area contributed by atoms with Gasteiger partial charge in [0.1, 0.15) is 11.5 Å². The van der Waals surface area contributed by atoms with Crippen LogP contribution in [-0.2, 0) is 0 Å². The minimum absolute atomic E-state index is 0.110. The number of rotatable bonds is 8. The molecule has 0 saturated heterocycles. The molecule has 0 bridgehead atoms. The third-order valence-corrected chi connectivity index (χ3v) is 3.65. The van der Waals surface area contributed by atoms with Gasteiger partial charge in [-0.1, -0.05) is 26.7 Å². The fourth-order valence-corrected chi connectivity index (χ4v) is 2.44. The number of ether oxygens (including phenoxy) is 1. The number of phenols is 1. The van der Waals surface area contributed by atoms with E-state index in [-0.39, 0.29) is 6.04 Å². The number of phenolic OH excluding ortho intramolecular Hbond substituents is 1. The van der Waals surface area contributed by atoms with Gasteiger partial charge >= 0.3 is 0 Å². The lowest BCUT2D eigenvalue weighted by atomic mass is 10.0. The average molecular weight is 279 g/mol. The number of aromatic hydroxyl groups is 1. The normalized spacial score (nSPS) is 14.3. The van der Waals surface area contributed by atoms with Crippen molar-refractivity contribution >= 4 is 0 Å². The fourth-order valence-electron chi connectivity index (χ4n) is 2.44. The van der Waals surface area contributed by atoms with E-state index in [1.54, 1.807) is 19.2 Å². The summed E-state index contributed by atoms with van der Waals surface area (Å²) in [5, 5.41) is 13.5. The van der Waals surface area contributed by atoms with E-state index in [0.29, 0.717) is 11.8 Å². The van der Waals surface area contributed by atoms with Gasteiger partial charge < -0.3 is 15.2 Å². The molecule has 1 aromatic carbocycles. The van der Waals surface area contributed by atoms with E-state index < -0.39 is 0 Å². The van der Waals surface area contributed by atoms with Crippen LogP contribution in [0.15, 0.2) is 18.2 Å². The quantitative estimate of drug-likeness (QED) is 0.747. The molecule has 2 N–H and O–H groups in total. The summed E-state index contributed by atoms with van der Waals surface area (Å²) in [5.74, 6) is 1.86. The standard InChI is InChI=1S/C17H29NO2/c1-12(2)7-6-8-13(3)18-14(4)16-11-15(20-5)9-10-17(16)19/h9-14,18-19H,6-8H2,1-5H3. The SMILES string of the molecule is COc1ccc(O)c(C(C)NC(C)CCCC(C)C)c1. The second-order valence-corrected chi connectivity index (χ2v) is 6.04. The largest absolute Gasteiger partial charge is 0.508 e.